The first-order valence-electron chi connectivity index (χ1n) is 8.66. The molecule has 5 nitrogen and oxygen atoms in total. The van der Waals surface area contributed by atoms with Gasteiger partial charge in [-0.1, -0.05) is 6.08 Å². The number of nitrogens with zero attached hydrogens (tertiary/aromatic N) is 2. The number of carbonyl (C=O) groups excluding carboxylic acids is 1. The fraction of sp³-hybridized carbons (Fsp3) is 0.765. The minimum absolute atomic E-state index is 0.159. The van der Waals surface area contributed by atoms with E-state index >= 15 is 0 Å². The van der Waals surface area contributed by atoms with Crippen LogP contribution < -0.4 is 0 Å². The van der Waals surface area contributed by atoms with E-state index in [0.29, 0.717) is 6.42 Å². The maximum atomic E-state index is 12.9. The largest absolute Gasteiger partial charge is 0.490 e. The highest BCUT2D eigenvalue weighted by Crippen LogP contribution is 2.61. The first-order valence-corrected chi connectivity index (χ1v) is 8.66. The van der Waals surface area contributed by atoms with Crippen LogP contribution in [-0.2, 0) is 14.1 Å². The highest BCUT2D eigenvalue weighted by atomic mass is 19.4. The summed E-state index contributed by atoms with van der Waals surface area (Å²) in [5.41, 5.74) is -2.04. The predicted molar refractivity (Wildman–Crippen MR) is 87.6 cm³/mol. The zero-order valence-corrected chi connectivity index (χ0v) is 15.3. The highest BCUT2D eigenvalue weighted by Gasteiger charge is 2.72. The molecule has 0 aromatic heterocycles. The average Bonchev–Trinajstić information content (AvgIpc) is 3.25. The summed E-state index contributed by atoms with van der Waals surface area (Å²) in [6.45, 7) is 8.16. The first kappa shape index (κ1) is 19.2. The van der Waals surface area contributed by atoms with E-state index in [0.717, 1.165) is 5.47 Å². The Balaban J connectivity index is 1.67. The van der Waals surface area contributed by atoms with Crippen LogP contribution in [0.15, 0.2) is 11.5 Å². The Morgan fingerprint density at radius 3 is 2.27 bits per heavy atom. The minimum atomic E-state index is -4.52. The second-order valence-corrected chi connectivity index (χ2v) is 8.25. The molecule has 0 N–H and O–H groups in total. The van der Waals surface area contributed by atoms with Crippen molar-refractivity contribution in [2.24, 2.45) is 11.3 Å². The normalized spacial score (nSPS) is 32.8. The molecule has 0 spiro atoms. The van der Waals surface area contributed by atoms with Gasteiger partial charge in [0.05, 0.1) is 23.2 Å². The van der Waals surface area contributed by atoms with E-state index < -0.39 is 48.2 Å². The first-order chi connectivity index (χ1) is 11.8. The molecule has 1 aliphatic carbocycles. The molecular formula is C17H22BF3N2O3. The number of carbonyl (C=O) groups is 1. The third-order valence-electron chi connectivity index (χ3n) is 6.02. The molecule has 142 valence electrons. The van der Waals surface area contributed by atoms with Crippen LogP contribution in [0.4, 0.5) is 13.2 Å². The van der Waals surface area contributed by atoms with Crippen molar-refractivity contribution >= 4 is 13.0 Å². The Kier molecular flexibility index (Phi) is 4.24. The van der Waals surface area contributed by atoms with Crippen LogP contribution in [0, 0.1) is 22.7 Å². The van der Waals surface area contributed by atoms with E-state index in [1.54, 1.807) is 12.1 Å². The fourth-order valence-electron chi connectivity index (χ4n) is 3.43. The summed E-state index contributed by atoms with van der Waals surface area (Å²) < 4.78 is 50.6. The van der Waals surface area contributed by atoms with Crippen molar-refractivity contribution < 1.29 is 27.3 Å². The van der Waals surface area contributed by atoms with Gasteiger partial charge in [-0.25, -0.2) is 0 Å². The van der Waals surface area contributed by atoms with Crippen molar-refractivity contribution in [3.05, 3.63) is 11.5 Å². The lowest BCUT2D eigenvalue weighted by molar-refractivity contribution is -0.161. The summed E-state index contributed by atoms with van der Waals surface area (Å²) in [4.78, 5) is 13.8. The van der Waals surface area contributed by atoms with Crippen molar-refractivity contribution in [3.63, 3.8) is 0 Å². The lowest BCUT2D eigenvalue weighted by Crippen LogP contribution is -2.42. The smallest absolute Gasteiger partial charge is 0.400 e. The quantitative estimate of drug-likeness (QED) is 0.702. The van der Waals surface area contributed by atoms with Gasteiger partial charge in [0.2, 0.25) is 5.91 Å². The molecule has 2 heterocycles. The van der Waals surface area contributed by atoms with Gasteiger partial charge < -0.3 is 14.2 Å². The van der Waals surface area contributed by atoms with E-state index in [2.05, 4.69) is 0 Å². The molecule has 3 rings (SSSR count). The van der Waals surface area contributed by atoms with Gasteiger partial charge >= 0.3 is 13.3 Å². The second kappa shape index (κ2) is 5.73. The fourth-order valence-corrected chi connectivity index (χ4v) is 3.43. The number of hydrogen-bond donors (Lipinski definition) is 0. The number of amides is 1. The predicted octanol–water partition coefficient (Wildman–Crippen LogP) is 2.87. The molecule has 1 amide bonds. The summed E-state index contributed by atoms with van der Waals surface area (Å²) in [5.74, 6) is -2.59. The number of hydrogen-bond acceptors (Lipinski definition) is 4. The molecule has 26 heavy (non-hydrogen) atoms. The summed E-state index contributed by atoms with van der Waals surface area (Å²) >= 11 is 0. The monoisotopic (exact) mass is 370 g/mol. The van der Waals surface area contributed by atoms with E-state index in [1.165, 1.54) is 4.90 Å². The molecule has 3 aliphatic rings. The van der Waals surface area contributed by atoms with Crippen molar-refractivity contribution in [3.8, 4) is 6.07 Å². The van der Waals surface area contributed by atoms with E-state index in [1.807, 2.05) is 27.7 Å². The van der Waals surface area contributed by atoms with Gasteiger partial charge in [-0.05, 0) is 46.0 Å². The zero-order chi connectivity index (χ0) is 19.5. The average molecular weight is 370 g/mol. The van der Waals surface area contributed by atoms with Crippen LogP contribution >= 0.6 is 0 Å². The van der Waals surface area contributed by atoms with Gasteiger partial charge in [0.15, 0.2) is 0 Å². The Hall–Kier alpha value is -1.53. The van der Waals surface area contributed by atoms with Gasteiger partial charge in [-0.15, -0.1) is 0 Å². The van der Waals surface area contributed by atoms with Crippen molar-refractivity contribution in [2.75, 3.05) is 13.1 Å². The molecule has 2 fully saturated rings. The molecule has 0 aromatic rings. The number of nitriles is 1. The third kappa shape index (κ3) is 2.93. The number of rotatable bonds is 2. The van der Waals surface area contributed by atoms with Crippen LogP contribution in [0.25, 0.3) is 0 Å². The van der Waals surface area contributed by atoms with Crippen LogP contribution in [0.2, 0.25) is 0 Å². The number of halogens is 3. The van der Waals surface area contributed by atoms with Gasteiger partial charge in [0.25, 0.3) is 0 Å². The van der Waals surface area contributed by atoms with Crippen LogP contribution in [-0.4, -0.2) is 48.4 Å². The van der Waals surface area contributed by atoms with Crippen LogP contribution in [0.5, 0.6) is 0 Å². The van der Waals surface area contributed by atoms with Gasteiger partial charge in [-0.2, -0.15) is 18.4 Å². The van der Waals surface area contributed by atoms with Crippen LogP contribution in [0.3, 0.4) is 0 Å². The molecule has 1 saturated heterocycles. The highest BCUT2D eigenvalue weighted by molar-refractivity contribution is 6.54. The summed E-state index contributed by atoms with van der Waals surface area (Å²) in [6.07, 6.45) is -2.76. The van der Waals surface area contributed by atoms with Crippen molar-refractivity contribution in [1.82, 2.24) is 4.90 Å². The Morgan fingerprint density at radius 1 is 1.31 bits per heavy atom. The minimum Gasteiger partial charge on any atom is -0.400 e. The van der Waals surface area contributed by atoms with E-state index in [-0.39, 0.29) is 13.1 Å². The van der Waals surface area contributed by atoms with Crippen molar-refractivity contribution in [2.45, 2.75) is 57.9 Å². The molecule has 9 heteroatoms. The molecule has 0 radical (unpaired) electrons. The lowest BCUT2D eigenvalue weighted by atomic mass is 9.74. The lowest BCUT2D eigenvalue weighted by Gasteiger charge is -2.32. The Labute approximate surface area is 151 Å². The molecule has 2 atom stereocenters. The number of alkyl halides is 3. The zero-order valence-electron chi connectivity index (χ0n) is 15.3. The van der Waals surface area contributed by atoms with Gasteiger partial charge in [0, 0.05) is 13.1 Å². The molecule has 2 unspecified atom stereocenters. The van der Waals surface area contributed by atoms with Crippen LogP contribution in [0.1, 0.15) is 40.5 Å². The van der Waals surface area contributed by atoms with E-state index in [4.69, 9.17) is 9.31 Å². The Morgan fingerprint density at radius 2 is 1.88 bits per heavy atom. The molecule has 1 saturated carbocycles. The summed E-state index contributed by atoms with van der Waals surface area (Å²) in [7, 11) is -0.522. The topological polar surface area (TPSA) is 62.6 Å². The molecule has 0 bridgehead atoms. The molecule has 0 aromatic carbocycles. The second-order valence-electron chi connectivity index (χ2n) is 8.25. The van der Waals surface area contributed by atoms with Gasteiger partial charge in [0.1, 0.15) is 5.41 Å². The molecule has 2 aliphatic heterocycles. The SMILES string of the molecule is CC1(C)OB(C2=CCN(C(=O)C3(C#N)CC3C(F)(F)F)CC2)OC1(C)C. The van der Waals surface area contributed by atoms with Gasteiger partial charge in [-0.3, -0.25) is 4.79 Å². The van der Waals surface area contributed by atoms with E-state index in [9.17, 15) is 23.2 Å². The van der Waals surface area contributed by atoms with Crippen molar-refractivity contribution in [1.29, 1.82) is 5.26 Å². The maximum Gasteiger partial charge on any atom is 0.490 e. The summed E-state index contributed by atoms with van der Waals surface area (Å²) in [6, 6.07) is 1.61. The Bertz CT molecular complexity index is 682. The maximum absolute atomic E-state index is 12.9. The standard InChI is InChI=1S/C17H22BF3N2O3/c1-14(2)15(3,4)26-18(25-14)11-5-7-23(8-6-11)13(24)16(10-22)9-12(16)17(19,20)21/h5,12H,6-9H2,1-4H3. The summed E-state index contributed by atoms with van der Waals surface area (Å²) in [5, 5.41) is 9.18. The molecular weight excluding hydrogens is 348 g/mol. The third-order valence-corrected chi connectivity index (χ3v) is 6.02.